The molecule has 1 unspecified atom stereocenters. The number of hydrogen-bond acceptors (Lipinski definition) is 5. The van der Waals surface area contributed by atoms with Gasteiger partial charge in [-0.15, -0.1) is 0 Å². The number of hydrogen-bond donors (Lipinski definition) is 4. The van der Waals surface area contributed by atoms with Gasteiger partial charge < -0.3 is 16.0 Å². The molecule has 1 rings (SSSR count). The topological polar surface area (TPSA) is 111 Å². The molecule has 128 valence electrons. The lowest BCUT2D eigenvalue weighted by molar-refractivity contribution is -0.136. The summed E-state index contributed by atoms with van der Waals surface area (Å²) in [5.41, 5.74) is 1.12. The highest BCUT2D eigenvalue weighted by molar-refractivity contribution is 6.12. The first-order valence-electron chi connectivity index (χ1n) is 7.51. The minimum absolute atomic E-state index is 0.0918. The highest BCUT2D eigenvalue weighted by atomic mass is 16.2. The fourth-order valence-corrected chi connectivity index (χ4v) is 1.92. The van der Waals surface area contributed by atoms with Crippen molar-refractivity contribution in [2.24, 2.45) is 0 Å². The molecule has 1 saturated heterocycles. The van der Waals surface area contributed by atoms with E-state index in [1.807, 2.05) is 19.1 Å². The molecule has 0 spiro atoms. The molecule has 0 saturated carbocycles. The molecule has 7 nitrogen and oxygen atoms in total. The van der Waals surface area contributed by atoms with Gasteiger partial charge in [-0.25, -0.2) is 0 Å². The van der Waals surface area contributed by atoms with Gasteiger partial charge in [-0.3, -0.25) is 19.7 Å². The van der Waals surface area contributed by atoms with Gasteiger partial charge in [0, 0.05) is 25.4 Å². The molecule has 1 aliphatic heterocycles. The molecule has 0 radical (unpaired) electrons. The largest absolute Gasteiger partial charge is 0.386 e. The number of rotatable bonds is 8. The highest BCUT2D eigenvalue weighted by Crippen LogP contribution is 2.05. The first kappa shape index (κ1) is 19.1. The lowest BCUT2D eigenvalue weighted by Crippen LogP contribution is -2.52. The molecule has 0 aromatic heterocycles. The Morgan fingerprint density at radius 3 is 2.79 bits per heavy atom. The first-order chi connectivity index (χ1) is 11.5. The second-order valence-corrected chi connectivity index (χ2v) is 5.24. The minimum Gasteiger partial charge on any atom is -0.386 e. The lowest BCUT2D eigenvalue weighted by atomic mass is 10.1. The second kappa shape index (κ2) is 9.94. The summed E-state index contributed by atoms with van der Waals surface area (Å²) in [6.45, 7) is 6.00. The molecule has 4 N–H and O–H groups in total. The average molecular weight is 330 g/mol. The zero-order chi connectivity index (χ0) is 17.9. The summed E-state index contributed by atoms with van der Waals surface area (Å²) >= 11 is 0. The molecular formula is C17H22N4O3. The molecular weight excluding hydrogens is 308 g/mol. The Hall–Kier alpha value is -2.96. The number of amides is 3. The van der Waals surface area contributed by atoms with Crippen molar-refractivity contribution in [2.45, 2.75) is 25.8 Å². The number of carbonyl (C=O) groups excluding carboxylic acids is 3. The molecule has 0 aromatic rings. The third-order valence-corrected chi connectivity index (χ3v) is 3.23. The van der Waals surface area contributed by atoms with E-state index in [1.54, 1.807) is 12.2 Å². The van der Waals surface area contributed by atoms with Crippen LogP contribution in [-0.4, -0.2) is 36.5 Å². The van der Waals surface area contributed by atoms with Crippen LogP contribution in [0, 0.1) is 5.41 Å². The van der Waals surface area contributed by atoms with Gasteiger partial charge in [-0.1, -0.05) is 36.5 Å². The Bertz CT molecular complexity index is 617. The highest BCUT2D eigenvalue weighted by Gasteiger charge is 2.28. The predicted molar refractivity (Wildman–Crippen MR) is 92.3 cm³/mol. The zero-order valence-corrected chi connectivity index (χ0v) is 13.6. The molecule has 0 aromatic carbocycles. The van der Waals surface area contributed by atoms with Crippen molar-refractivity contribution in [1.29, 1.82) is 5.41 Å². The van der Waals surface area contributed by atoms with Crippen molar-refractivity contribution in [3.05, 3.63) is 48.2 Å². The molecule has 1 heterocycles. The van der Waals surface area contributed by atoms with Crippen molar-refractivity contribution in [3.8, 4) is 0 Å². The summed E-state index contributed by atoms with van der Waals surface area (Å²) in [6.07, 6.45) is 9.98. The van der Waals surface area contributed by atoms with Gasteiger partial charge in [-0.2, -0.15) is 0 Å². The van der Waals surface area contributed by atoms with Crippen LogP contribution in [0.15, 0.2) is 48.2 Å². The van der Waals surface area contributed by atoms with Crippen molar-refractivity contribution < 1.29 is 14.4 Å². The van der Waals surface area contributed by atoms with Crippen LogP contribution in [0.3, 0.4) is 0 Å². The first-order valence-corrected chi connectivity index (χ1v) is 7.51. The van der Waals surface area contributed by atoms with Crippen LogP contribution in [0.5, 0.6) is 0 Å². The van der Waals surface area contributed by atoms with Crippen molar-refractivity contribution in [1.82, 2.24) is 16.0 Å². The van der Waals surface area contributed by atoms with Crippen LogP contribution < -0.4 is 16.0 Å². The normalized spacial score (nSPS) is 19.0. The maximum absolute atomic E-state index is 12.1. The summed E-state index contributed by atoms with van der Waals surface area (Å²) in [4.78, 5) is 34.8. The Labute approximate surface area is 141 Å². The van der Waals surface area contributed by atoms with Crippen molar-refractivity contribution in [2.75, 3.05) is 6.54 Å². The van der Waals surface area contributed by atoms with Crippen LogP contribution in [0.1, 0.15) is 19.8 Å². The molecule has 1 fully saturated rings. The van der Waals surface area contributed by atoms with E-state index in [-0.39, 0.29) is 24.3 Å². The van der Waals surface area contributed by atoms with Gasteiger partial charge in [0.05, 0.1) is 5.57 Å². The summed E-state index contributed by atoms with van der Waals surface area (Å²) in [7, 11) is 0. The molecule has 3 amide bonds. The average Bonchev–Trinajstić information content (AvgIpc) is 2.54. The van der Waals surface area contributed by atoms with Crippen LogP contribution >= 0.6 is 0 Å². The summed E-state index contributed by atoms with van der Waals surface area (Å²) in [5.74, 6) is -1.41. The van der Waals surface area contributed by atoms with E-state index in [2.05, 4.69) is 22.5 Å². The molecule has 1 atom stereocenters. The standard InChI is InChI=1S/C17H22N4O3/c1-3-4-5-6-12(2)10-19-11-13(9-18)16(23)20-14-7-8-15(22)21-17(14)24/h3-6,9,11,14,18-19H,1,7-8,10H2,2H3,(H,20,23)(H,21,22,24)/b5-4-,12-6+,13-11+,18-9?. The molecule has 1 aliphatic rings. The monoisotopic (exact) mass is 330 g/mol. The van der Waals surface area contributed by atoms with Crippen LogP contribution in [0.25, 0.3) is 0 Å². The van der Waals surface area contributed by atoms with Gasteiger partial charge >= 0.3 is 0 Å². The Kier molecular flexibility index (Phi) is 7.90. The van der Waals surface area contributed by atoms with E-state index >= 15 is 0 Å². The van der Waals surface area contributed by atoms with E-state index in [1.165, 1.54) is 6.20 Å². The van der Waals surface area contributed by atoms with Gasteiger partial charge in [0.1, 0.15) is 6.04 Å². The SMILES string of the molecule is C=C/C=C\C=C(/C)CN/C=C(\C=N)C(=O)NC1CCC(=O)NC1=O. The Morgan fingerprint density at radius 1 is 1.42 bits per heavy atom. The maximum Gasteiger partial charge on any atom is 0.254 e. The zero-order valence-electron chi connectivity index (χ0n) is 13.6. The summed E-state index contributed by atoms with van der Waals surface area (Å²) in [5, 5.41) is 15.0. The quantitative estimate of drug-likeness (QED) is 0.227. The third-order valence-electron chi connectivity index (χ3n) is 3.23. The number of imide groups is 1. The molecule has 0 bridgehead atoms. The lowest BCUT2D eigenvalue weighted by Gasteiger charge is -2.21. The maximum atomic E-state index is 12.1. The summed E-state index contributed by atoms with van der Waals surface area (Å²) in [6, 6.07) is -0.760. The minimum atomic E-state index is -0.760. The second-order valence-electron chi connectivity index (χ2n) is 5.24. The van der Waals surface area contributed by atoms with Crippen LogP contribution in [-0.2, 0) is 14.4 Å². The van der Waals surface area contributed by atoms with Gasteiger partial charge in [-0.05, 0) is 13.3 Å². The molecule has 24 heavy (non-hydrogen) atoms. The Morgan fingerprint density at radius 2 is 2.17 bits per heavy atom. The van der Waals surface area contributed by atoms with E-state index in [0.29, 0.717) is 6.54 Å². The van der Waals surface area contributed by atoms with E-state index < -0.39 is 17.9 Å². The van der Waals surface area contributed by atoms with Crippen molar-refractivity contribution >= 4 is 23.9 Å². The smallest absolute Gasteiger partial charge is 0.254 e. The van der Waals surface area contributed by atoms with Gasteiger partial charge in [0.15, 0.2) is 0 Å². The van der Waals surface area contributed by atoms with Crippen molar-refractivity contribution in [3.63, 3.8) is 0 Å². The fraction of sp³-hybridized carbons (Fsp3) is 0.294. The number of piperidine rings is 1. The molecule has 7 heteroatoms. The van der Waals surface area contributed by atoms with E-state index in [0.717, 1.165) is 11.8 Å². The fourth-order valence-electron chi connectivity index (χ4n) is 1.92. The summed E-state index contributed by atoms with van der Waals surface area (Å²) < 4.78 is 0. The third kappa shape index (κ3) is 6.43. The van der Waals surface area contributed by atoms with Gasteiger partial charge in [0.25, 0.3) is 5.91 Å². The van der Waals surface area contributed by atoms with Crippen LogP contribution in [0.2, 0.25) is 0 Å². The van der Waals surface area contributed by atoms with E-state index in [4.69, 9.17) is 5.41 Å². The number of allylic oxidation sites excluding steroid dienone is 4. The van der Waals surface area contributed by atoms with Gasteiger partial charge in [0.2, 0.25) is 11.8 Å². The predicted octanol–water partition coefficient (Wildman–Crippen LogP) is 0.719. The Balaban J connectivity index is 2.56. The van der Waals surface area contributed by atoms with E-state index in [9.17, 15) is 14.4 Å². The molecule has 0 aliphatic carbocycles. The van der Waals surface area contributed by atoms with Crippen LogP contribution in [0.4, 0.5) is 0 Å². The number of carbonyl (C=O) groups is 3. The number of nitrogens with one attached hydrogen (secondary N) is 4.